The zero-order valence-electron chi connectivity index (χ0n) is 12.4. The molecule has 22 heavy (non-hydrogen) atoms. The third-order valence-electron chi connectivity index (χ3n) is 3.07. The van der Waals surface area contributed by atoms with Gasteiger partial charge in [-0.05, 0) is 17.7 Å². The zero-order valence-corrected chi connectivity index (χ0v) is 14.0. The molecule has 0 spiro atoms. The molecule has 0 aromatic heterocycles. The molecule has 120 valence electrons. The van der Waals surface area contributed by atoms with Gasteiger partial charge in [0.15, 0.2) is 0 Å². The van der Waals surface area contributed by atoms with Gasteiger partial charge in [-0.25, -0.2) is 0 Å². The van der Waals surface area contributed by atoms with Crippen LogP contribution >= 0.6 is 15.9 Å². The van der Waals surface area contributed by atoms with Crippen LogP contribution in [-0.4, -0.2) is 29.4 Å². The molecule has 0 radical (unpaired) electrons. The lowest BCUT2D eigenvalue weighted by atomic mass is 10.0. The molecule has 1 rings (SSSR count). The first-order valence-electron chi connectivity index (χ1n) is 6.81. The summed E-state index contributed by atoms with van der Waals surface area (Å²) < 4.78 is 0.901. The SMILES string of the molecule is CC(=O)NC(CC(=O)NCC(C)C(=O)O)c1ccc(Br)cc1. The second-order valence-electron chi connectivity index (χ2n) is 5.05. The van der Waals surface area contributed by atoms with Crippen molar-refractivity contribution in [3.05, 3.63) is 34.3 Å². The molecule has 2 amide bonds. The van der Waals surface area contributed by atoms with Crippen LogP contribution in [-0.2, 0) is 14.4 Å². The summed E-state index contributed by atoms with van der Waals surface area (Å²) in [6, 6.07) is 6.84. The predicted octanol–water partition coefficient (Wildman–Crippen LogP) is 1.85. The van der Waals surface area contributed by atoms with E-state index in [1.807, 2.05) is 24.3 Å². The Kier molecular flexibility index (Phi) is 7.04. The van der Waals surface area contributed by atoms with Crippen molar-refractivity contribution >= 4 is 33.7 Å². The third-order valence-corrected chi connectivity index (χ3v) is 3.60. The quantitative estimate of drug-likeness (QED) is 0.682. The smallest absolute Gasteiger partial charge is 0.308 e. The minimum atomic E-state index is -0.966. The van der Waals surface area contributed by atoms with E-state index in [1.54, 1.807) is 0 Å². The number of carboxylic acids is 1. The van der Waals surface area contributed by atoms with E-state index in [4.69, 9.17) is 5.11 Å². The number of benzene rings is 1. The second-order valence-corrected chi connectivity index (χ2v) is 5.97. The number of aliphatic carboxylic acids is 1. The number of amides is 2. The van der Waals surface area contributed by atoms with Crippen LogP contribution in [0, 0.1) is 5.92 Å². The van der Waals surface area contributed by atoms with E-state index in [1.165, 1.54) is 13.8 Å². The van der Waals surface area contributed by atoms with Gasteiger partial charge >= 0.3 is 5.97 Å². The van der Waals surface area contributed by atoms with Gasteiger partial charge in [0.1, 0.15) is 0 Å². The lowest BCUT2D eigenvalue weighted by molar-refractivity contribution is -0.141. The number of carbonyl (C=O) groups excluding carboxylic acids is 2. The Bertz CT molecular complexity index is 545. The van der Waals surface area contributed by atoms with Crippen molar-refractivity contribution < 1.29 is 19.5 Å². The normalized spacial score (nSPS) is 13.0. The second kappa shape index (κ2) is 8.53. The van der Waals surface area contributed by atoms with Crippen LogP contribution in [0.1, 0.15) is 31.9 Å². The van der Waals surface area contributed by atoms with E-state index in [0.717, 1.165) is 10.0 Å². The van der Waals surface area contributed by atoms with Crippen molar-refractivity contribution in [2.24, 2.45) is 5.92 Å². The van der Waals surface area contributed by atoms with Crippen molar-refractivity contribution in [3.8, 4) is 0 Å². The van der Waals surface area contributed by atoms with Gasteiger partial charge in [0, 0.05) is 17.9 Å². The minimum absolute atomic E-state index is 0.0492. The molecule has 2 atom stereocenters. The summed E-state index contributed by atoms with van der Waals surface area (Å²) in [6.45, 7) is 2.96. The Labute approximate surface area is 137 Å². The molecule has 0 bridgehead atoms. The van der Waals surface area contributed by atoms with Crippen LogP contribution in [0.3, 0.4) is 0 Å². The van der Waals surface area contributed by atoms with Gasteiger partial charge < -0.3 is 15.7 Å². The molecular formula is C15H19BrN2O4. The van der Waals surface area contributed by atoms with Crippen LogP contribution in [0.2, 0.25) is 0 Å². The average Bonchev–Trinajstić information content (AvgIpc) is 2.44. The van der Waals surface area contributed by atoms with Gasteiger partial charge in [-0.15, -0.1) is 0 Å². The van der Waals surface area contributed by atoms with Crippen LogP contribution < -0.4 is 10.6 Å². The molecule has 0 aliphatic carbocycles. The topological polar surface area (TPSA) is 95.5 Å². The Morgan fingerprint density at radius 2 is 1.82 bits per heavy atom. The van der Waals surface area contributed by atoms with Crippen LogP contribution in [0.5, 0.6) is 0 Å². The Balaban J connectivity index is 2.68. The highest BCUT2D eigenvalue weighted by Crippen LogP contribution is 2.19. The number of hydrogen-bond acceptors (Lipinski definition) is 3. The maximum absolute atomic E-state index is 11.9. The lowest BCUT2D eigenvalue weighted by Gasteiger charge is -2.18. The van der Waals surface area contributed by atoms with Crippen molar-refractivity contribution in [1.82, 2.24) is 10.6 Å². The highest BCUT2D eigenvalue weighted by molar-refractivity contribution is 9.10. The van der Waals surface area contributed by atoms with Gasteiger partial charge in [0.25, 0.3) is 0 Å². The van der Waals surface area contributed by atoms with E-state index >= 15 is 0 Å². The molecule has 0 fully saturated rings. The first-order valence-corrected chi connectivity index (χ1v) is 7.61. The molecule has 1 aromatic carbocycles. The highest BCUT2D eigenvalue weighted by Gasteiger charge is 2.18. The number of rotatable bonds is 7. The third kappa shape index (κ3) is 6.26. The van der Waals surface area contributed by atoms with E-state index in [0.29, 0.717) is 0 Å². The first-order chi connectivity index (χ1) is 10.3. The molecule has 0 aliphatic rings. The zero-order chi connectivity index (χ0) is 16.7. The highest BCUT2D eigenvalue weighted by atomic mass is 79.9. The number of carboxylic acid groups (broad SMARTS) is 1. The van der Waals surface area contributed by atoms with Gasteiger partial charge in [0.2, 0.25) is 11.8 Å². The minimum Gasteiger partial charge on any atom is -0.481 e. The van der Waals surface area contributed by atoms with E-state index < -0.39 is 17.9 Å². The fraction of sp³-hybridized carbons (Fsp3) is 0.400. The van der Waals surface area contributed by atoms with E-state index in [-0.39, 0.29) is 24.8 Å². The molecular weight excluding hydrogens is 352 g/mol. The van der Waals surface area contributed by atoms with Crippen LogP contribution in [0.25, 0.3) is 0 Å². The number of nitrogens with one attached hydrogen (secondary N) is 2. The predicted molar refractivity (Wildman–Crippen MR) is 85.1 cm³/mol. The van der Waals surface area contributed by atoms with Crippen LogP contribution in [0.4, 0.5) is 0 Å². The summed E-state index contributed by atoms with van der Waals surface area (Å²) in [5.74, 6) is -2.17. The van der Waals surface area contributed by atoms with Crippen molar-refractivity contribution in [2.75, 3.05) is 6.54 Å². The summed E-state index contributed by atoms with van der Waals surface area (Å²) in [4.78, 5) is 34.0. The molecule has 0 saturated heterocycles. The Hall–Kier alpha value is -1.89. The number of hydrogen-bond donors (Lipinski definition) is 3. The average molecular weight is 371 g/mol. The van der Waals surface area contributed by atoms with Gasteiger partial charge in [0.05, 0.1) is 18.4 Å². The standard InChI is InChI=1S/C15H19BrN2O4/c1-9(15(21)22)8-17-14(20)7-13(18-10(2)19)11-3-5-12(16)6-4-11/h3-6,9,13H,7-8H2,1-2H3,(H,17,20)(H,18,19)(H,21,22). The largest absolute Gasteiger partial charge is 0.481 e. The van der Waals surface area contributed by atoms with E-state index in [2.05, 4.69) is 26.6 Å². The molecule has 6 nitrogen and oxygen atoms in total. The molecule has 2 unspecified atom stereocenters. The van der Waals surface area contributed by atoms with Gasteiger partial charge in [-0.3, -0.25) is 14.4 Å². The first kappa shape index (κ1) is 18.2. The van der Waals surface area contributed by atoms with Crippen molar-refractivity contribution in [3.63, 3.8) is 0 Å². The molecule has 0 aliphatic heterocycles. The number of carbonyl (C=O) groups is 3. The molecule has 0 heterocycles. The summed E-state index contributed by atoms with van der Waals surface area (Å²) in [5.41, 5.74) is 0.805. The molecule has 7 heteroatoms. The maximum atomic E-state index is 11.9. The van der Waals surface area contributed by atoms with Crippen molar-refractivity contribution in [1.29, 1.82) is 0 Å². The molecule has 1 aromatic rings. The van der Waals surface area contributed by atoms with Gasteiger partial charge in [-0.2, -0.15) is 0 Å². The van der Waals surface area contributed by atoms with Crippen LogP contribution in [0.15, 0.2) is 28.7 Å². The lowest BCUT2D eigenvalue weighted by Crippen LogP contribution is -2.35. The van der Waals surface area contributed by atoms with E-state index in [9.17, 15) is 14.4 Å². The summed E-state index contributed by atoms with van der Waals surface area (Å²) in [7, 11) is 0. The Morgan fingerprint density at radius 1 is 1.23 bits per heavy atom. The summed E-state index contributed by atoms with van der Waals surface area (Å²) >= 11 is 3.33. The summed E-state index contributed by atoms with van der Waals surface area (Å²) in [6.07, 6.45) is 0.0492. The fourth-order valence-electron chi connectivity index (χ4n) is 1.80. The molecule has 3 N–H and O–H groups in total. The maximum Gasteiger partial charge on any atom is 0.308 e. The molecule has 0 saturated carbocycles. The monoisotopic (exact) mass is 370 g/mol. The van der Waals surface area contributed by atoms with Gasteiger partial charge in [-0.1, -0.05) is 35.0 Å². The van der Waals surface area contributed by atoms with Crippen molar-refractivity contribution in [2.45, 2.75) is 26.3 Å². The number of halogens is 1. The Morgan fingerprint density at radius 3 is 2.32 bits per heavy atom. The summed E-state index contributed by atoms with van der Waals surface area (Å²) in [5, 5.41) is 14.1. The fourth-order valence-corrected chi connectivity index (χ4v) is 2.07.